The molecular formula is C14H22BrN3O2. The topological polar surface area (TPSA) is 54.3 Å². The molecule has 2 amide bonds. The molecule has 0 aromatic carbocycles. The molecule has 0 bridgehead atoms. The average molecular weight is 344 g/mol. The second-order valence-corrected chi connectivity index (χ2v) is 5.70. The number of hydrogen-bond donors (Lipinski definition) is 1. The zero-order valence-electron chi connectivity index (χ0n) is 12.4. The fourth-order valence-corrected chi connectivity index (χ4v) is 2.37. The minimum Gasteiger partial charge on any atom is -0.344 e. The van der Waals surface area contributed by atoms with E-state index in [1.54, 1.807) is 24.9 Å². The Hall–Kier alpha value is -1.30. The summed E-state index contributed by atoms with van der Waals surface area (Å²) in [6.45, 7) is 7.05. The SMILES string of the molecule is CCCn1cc(Br)cc1C(=O)NC(C)C(=O)N(C)CC. The Balaban J connectivity index is 2.78. The van der Waals surface area contributed by atoms with E-state index in [9.17, 15) is 9.59 Å². The molecule has 1 atom stereocenters. The van der Waals surface area contributed by atoms with Crippen LogP contribution in [-0.4, -0.2) is 40.9 Å². The van der Waals surface area contributed by atoms with Gasteiger partial charge in [-0.2, -0.15) is 0 Å². The molecule has 1 heterocycles. The first-order chi connectivity index (χ1) is 9.40. The van der Waals surface area contributed by atoms with Crippen molar-refractivity contribution in [3.8, 4) is 0 Å². The van der Waals surface area contributed by atoms with Gasteiger partial charge in [0.25, 0.3) is 5.91 Å². The summed E-state index contributed by atoms with van der Waals surface area (Å²) in [5.74, 6) is -0.317. The summed E-state index contributed by atoms with van der Waals surface area (Å²) in [6.07, 6.45) is 2.82. The number of likely N-dealkylation sites (N-methyl/N-ethyl adjacent to an activating group) is 1. The number of hydrogen-bond acceptors (Lipinski definition) is 2. The van der Waals surface area contributed by atoms with Crippen molar-refractivity contribution >= 4 is 27.7 Å². The van der Waals surface area contributed by atoms with Gasteiger partial charge in [0.2, 0.25) is 5.91 Å². The zero-order chi connectivity index (χ0) is 15.3. The number of carbonyl (C=O) groups is 2. The Morgan fingerprint density at radius 1 is 1.45 bits per heavy atom. The minimum atomic E-state index is -0.531. The van der Waals surface area contributed by atoms with Crippen molar-refractivity contribution in [3.63, 3.8) is 0 Å². The van der Waals surface area contributed by atoms with E-state index in [-0.39, 0.29) is 11.8 Å². The lowest BCUT2D eigenvalue weighted by atomic mass is 10.2. The van der Waals surface area contributed by atoms with Crippen LogP contribution in [0, 0.1) is 0 Å². The Labute approximate surface area is 128 Å². The molecule has 0 saturated heterocycles. The molecule has 6 heteroatoms. The molecule has 0 aliphatic heterocycles. The number of amides is 2. The zero-order valence-corrected chi connectivity index (χ0v) is 14.0. The summed E-state index contributed by atoms with van der Waals surface area (Å²) in [6, 6.07) is 1.24. The molecule has 0 fully saturated rings. The maximum Gasteiger partial charge on any atom is 0.268 e. The minimum absolute atomic E-state index is 0.0893. The lowest BCUT2D eigenvalue weighted by Crippen LogP contribution is -2.45. The molecule has 0 aliphatic carbocycles. The van der Waals surface area contributed by atoms with Crippen molar-refractivity contribution in [1.82, 2.24) is 14.8 Å². The number of aromatic nitrogens is 1. The van der Waals surface area contributed by atoms with Crippen LogP contribution in [0.2, 0.25) is 0 Å². The number of halogens is 1. The van der Waals surface area contributed by atoms with Crippen LogP contribution in [-0.2, 0) is 11.3 Å². The Morgan fingerprint density at radius 2 is 2.10 bits per heavy atom. The van der Waals surface area contributed by atoms with Crippen molar-refractivity contribution in [3.05, 3.63) is 22.4 Å². The van der Waals surface area contributed by atoms with Crippen LogP contribution in [0.4, 0.5) is 0 Å². The van der Waals surface area contributed by atoms with Crippen LogP contribution in [0.3, 0.4) is 0 Å². The first-order valence-electron chi connectivity index (χ1n) is 6.82. The summed E-state index contributed by atoms with van der Waals surface area (Å²) >= 11 is 3.37. The highest BCUT2D eigenvalue weighted by atomic mass is 79.9. The molecular weight excluding hydrogens is 322 g/mol. The van der Waals surface area contributed by atoms with E-state index in [0.29, 0.717) is 12.2 Å². The number of aryl methyl sites for hydroxylation is 1. The number of nitrogens with zero attached hydrogens (tertiary/aromatic N) is 2. The first kappa shape index (κ1) is 16.8. The maximum atomic E-state index is 12.3. The lowest BCUT2D eigenvalue weighted by molar-refractivity contribution is -0.131. The predicted molar refractivity (Wildman–Crippen MR) is 82.7 cm³/mol. The van der Waals surface area contributed by atoms with Crippen molar-refractivity contribution in [1.29, 1.82) is 0 Å². The van der Waals surface area contributed by atoms with Gasteiger partial charge in [-0.1, -0.05) is 6.92 Å². The highest BCUT2D eigenvalue weighted by Crippen LogP contribution is 2.15. The Kier molecular flexibility index (Phi) is 6.26. The molecule has 112 valence electrons. The van der Waals surface area contributed by atoms with Gasteiger partial charge in [0, 0.05) is 30.8 Å². The van der Waals surface area contributed by atoms with Crippen LogP contribution in [0.25, 0.3) is 0 Å². The van der Waals surface area contributed by atoms with Gasteiger partial charge in [0.1, 0.15) is 11.7 Å². The van der Waals surface area contributed by atoms with Crippen molar-refractivity contribution in [2.24, 2.45) is 0 Å². The molecule has 5 nitrogen and oxygen atoms in total. The monoisotopic (exact) mass is 343 g/mol. The van der Waals surface area contributed by atoms with E-state index in [1.807, 2.05) is 17.7 Å². The number of nitrogens with one attached hydrogen (secondary N) is 1. The Bertz CT molecular complexity index is 485. The van der Waals surface area contributed by atoms with E-state index in [4.69, 9.17) is 0 Å². The predicted octanol–water partition coefficient (Wildman–Crippen LogP) is 2.26. The highest BCUT2D eigenvalue weighted by molar-refractivity contribution is 9.10. The van der Waals surface area contributed by atoms with Crippen LogP contribution < -0.4 is 5.32 Å². The first-order valence-corrected chi connectivity index (χ1v) is 7.61. The molecule has 1 N–H and O–H groups in total. The van der Waals surface area contributed by atoms with Gasteiger partial charge in [0.05, 0.1) is 0 Å². The normalized spacial score (nSPS) is 12.1. The van der Waals surface area contributed by atoms with Crippen molar-refractivity contribution in [2.45, 2.75) is 39.8 Å². The van der Waals surface area contributed by atoms with Gasteiger partial charge < -0.3 is 14.8 Å². The number of rotatable bonds is 6. The molecule has 1 aromatic heterocycles. The highest BCUT2D eigenvalue weighted by Gasteiger charge is 2.21. The smallest absolute Gasteiger partial charge is 0.268 e. The summed E-state index contributed by atoms with van der Waals surface area (Å²) in [7, 11) is 1.72. The van der Waals surface area contributed by atoms with Gasteiger partial charge in [-0.25, -0.2) is 0 Å². The van der Waals surface area contributed by atoms with Crippen LogP contribution in [0.15, 0.2) is 16.7 Å². The van der Waals surface area contributed by atoms with Gasteiger partial charge in [-0.3, -0.25) is 9.59 Å². The van der Waals surface area contributed by atoms with Crippen LogP contribution in [0.1, 0.15) is 37.7 Å². The second kappa shape index (κ2) is 7.47. The molecule has 0 aliphatic rings. The quantitative estimate of drug-likeness (QED) is 0.861. The van der Waals surface area contributed by atoms with Gasteiger partial charge in [-0.05, 0) is 42.3 Å². The molecule has 1 rings (SSSR count). The molecule has 0 saturated carbocycles. The van der Waals surface area contributed by atoms with Gasteiger partial charge in [-0.15, -0.1) is 0 Å². The van der Waals surface area contributed by atoms with Gasteiger partial charge in [0.15, 0.2) is 0 Å². The Morgan fingerprint density at radius 3 is 2.65 bits per heavy atom. The molecule has 1 aromatic rings. The van der Waals surface area contributed by atoms with Crippen molar-refractivity contribution in [2.75, 3.05) is 13.6 Å². The second-order valence-electron chi connectivity index (χ2n) is 4.78. The molecule has 0 radical (unpaired) electrons. The molecule has 1 unspecified atom stereocenters. The summed E-state index contributed by atoms with van der Waals surface area (Å²) in [4.78, 5) is 25.8. The molecule has 20 heavy (non-hydrogen) atoms. The third-order valence-electron chi connectivity index (χ3n) is 3.13. The van der Waals surface area contributed by atoms with E-state index in [2.05, 4.69) is 28.2 Å². The summed E-state index contributed by atoms with van der Waals surface area (Å²) < 4.78 is 2.75. The van der Waals surface area contributed by atoms with Crippen LogP contribution in [0.5, 0.6) is 0 Å². The largest absolute Gasteiger partial charge is 0.344 e. The van der Waals surface area contributed by atoms with E-state index < -0.39 is 6.04 Å². The van der Waals surface area contributed by atoms with Crippen LogP contribution >= 0.6 is 15.9 Å². The third kappa shape index (κ3) is 4.10. The van der Waals surface area contributed by atoms with Gasteiger partial charge >= 0.3 is 0 Å². The summed E-state index contributed by atoms with van der Waals surface area (Å²) in [5, 5.41) is 2.75. The third-order valence-corrected chi connectivity index (χ3v) is 3.56. The van der Waals surface area contributed by atoms with E-state index in [1.165, 1.54) is 0 Å². The number of carbonyl (C=O) groups excluding carboxylic acids is 2. The fraction of sp³-hybridized carbons (Fsp3) is 0.571. The fourth-order valence-electron chi connectivity index (χ4n) is 1.91. The maximum absolute atomic E-state index is 12.3. The van der Waals surface area contributed by atoms with E-state index >= 15 is 0 Å². The lowest BCUT2D eigenvalue weighted by Gasteiger charge is -2.20. The average Bonchev–Trinajstić information content (AvgIpc) is 2.78. The standard InChI is InChI=1S/C14H22BrN3O2/c1-5-7-18-9-11(15)8-12(18)13(19)16-10(3)14(20)17(4)6-2/h8-10H,5-7H2,1-4H3,(H,16,19). The molecule has 0 spiro atoms. The van der Waals surface area contributed by atoms with E-state index in [0.717, 1.165) is 17.4 Å². The van der Waals surface area contributed by atoms with Crippen molar-refractivity contribution < 1.29 is 9.59 Å². The summed E-state index contributed by atoms with van der Waals surface area (Å²) in [5.41, 5.74) is 0.567.